The Morgan fingerprint density at radius 1 is 1.73 bits per heavy atom. The summed E-state index contributed by atoms with van der Waals surface area (Å²) in [7, 11) is 0. The van der Waals surface area contributed by atoms with E-state index in [1.165, 1.54) is 0 Å². The number of rotatable bonds is 2. The normalized spacial score (nSPS) is 24.5. The molecule has 3 nitrogen and oxygen atoms in total. The molecule has 0 N–H and O–H groups in total. The van der Waals surface area contributed by atoms with Crippen molar-refractivity contribution in [3.8, 4) is 0 Å². The molecule has 0 aromatic heterocycles. The lowest BCUT2D eigenvalue weighted by molar-refractivity contribution is 0.149. The van der Waals surface area contributed by atoms with Crippen LogP contribution in [0.15, 0.2) is 0 Å². The second-order valence-corrected chi connectivity index (χ2v) is 3.14. The van der Waals surface area contributed by atoms with E-state index >= 15 is 0 Å². The van der Waals surface area contributed by atoms with Crippen LogP contribution in [0.2, 0.25) is 0 Å². The number of hydrogen-bond donors (Lipinski definition) is 0. The number of ether oxygens (including phenoxy) is 1. The topological polar surface area (TPSA) is 29.5 Å². The van der Waals surface area contributed by atoms with Crippen LogP contribution < -0.4 is 0 Å². The molecular formula is C8H15NO2. The maximum absolute atomic E-state index is 11.1. The monoisotopic (exact) mass is 157 g/mol. The maximum atomic E-state index is 11.1. The van der Waals surface area contributed by atoms with E-state index in [1.54, 1.807) is 4.90 Å². The third-order valence-electron chi connectivity index (χ3n) is 2.03. The van der Waals surface area contributed by atoms with Crippen LogP contribution in [0.5, 0.6) is 0 Å². The quantitative estimate of drug-likeness (QED) is 0.609. The van der Waals surface area contributed by atoms with E-state index in [2.05, 4.69) is 6.92 Å². The van der Waals surface area contributed by atoms with Crippen molar-refractivity contribution in [2.45, 2.75) is 39.3 Å². The van der Waals surface area contributed by atoms with E-state index in [0.717, 1.165) is 6.42 Å². The van der Waals surface area contributed by atoms with Crippen molar-refractivity contribution in [2.75, 3.05) is 6.61 Å². The van der Waals surface area contributed by atoms with Gasteiger partial charge in [0.15, 0.2) is 0 Å². The van der Waals surface area contributed by atoms with Gasteiger partial charge in [0.2, 0.25) is 0 Å². The SMILES string of the molecule is CC[C@@H]1COC(=O)N1C(C)C. The van der Waals surface area contributed by atoms with Crippen molar-refractivity contribution in [1.82, 2.24) is 4.90 Å². The Bertz CT molecular complexity index is 156. The first kappa shape index (κ1) is 8.37. The van der Waals surface area contributed by atoms with Gasteiger partial charge in [-0.3, -0.25) is 4.90 Å². The predicted molar refractivity (Wildman–Crippen MR) is 42.4 cm³/mol. The summed E-state index contributed by atoms with van der Waals surface area (Å²) in [5.74, 6) is 0. The lowest BCUT2D eigenvalue weighted by Gasteiger charge is -2.23. The molecule has 0 spiro atoms. The highest BCUT2D eigenvalue weighted by Crippen LogP contribution is 2.17. The Hall–Kier alpha value is -0.730. The zero-order chi connectivity index (χ0) is 8.43. The lowest BCUT2D eigenvalue weighted by atomic mass is 10.2. The van der Waals surface area contributed by atoms with Crippen molar-refractivity contribution in [3.05, 3.63) is 0 Å². The van der Waals surface area contributed by atoms with Gasteiger partial charge in [0.25, 0.3) is 0 Å². The first-order chi connectivity index (χ1) is 5.16. The van der Waals surface area contributed by atoms with Gasteiger partial charge in [-0.25, -0.2) is 4.79 Å². The zero-order valence-electron chi connectivity index (χ0n) is 7.33. The van der Waals surface area contributed by atoms with Crippen LogP contribution in [-0.4, -0.2) is 29.7 Å². The minimum absolute atomic E-state index is 0.160. The summed E-state index contributed by atoms with van der Waals surface area (Å²) in [6.45, 7) is 6.65. The summed E-state index contributed by atoms with van der Waals surface area (Å²) in [5.41, 5.74) is 0. The summed E-state index contributed by atoms with van der Waals surface area (Å²) in [5, 5.41) is 0. The summed E-state index contributed by atoms with van der Waals surface area (Å²) < 4.78 is 4.92. The molecule has 11 heavy (non-hydrogen) atoms. The molecule has 0 aromatic carbocycles. The van der Waals surface area contributed by atoms with Gasteiger partial charge < -0.3 is 4.74 Å². The molecule has 1 atom stereocenters. The molecule has 0 bridgehead atoms. The number of cyclic esters (lactones) is 1. The van der Waals surface area contributed by atoms with Crippen LogP contribution >= 0.6 is 0 Å². The molecule has 1 fully saturated rings. The fraction of sp³-hybridized carbons (Fsp3) is 0.875. The van der Waals surface area contributed by atoms with Gasteiger partial charge in [0.05, 0.1) is 6.04 Å². The van der Waals surface area contributed by atoms with Gasteiger partial charge in [-0.2, -0.15) is 0 Å². The third kappa shape index (κ3) is 1.47. The molecule has 0 radical (unpaired) electrons. The van der Waals surface area contributed by atoms with E-state index in [9.17, 15) is 4.79 Å². The highest BCUT2D eigenvalue weighted by atomic mass is 16.6. The van der Waals surface area contributed by atoms with E-state index < -0.39 is 0 Å². The molecule has 64 valence electrons. The summed E-state index contributed by atoms with van der Waals surface area (Å²) in [6.07, 6.45) is 0.816. The van der Waals surface area contributed by atoms with Gasteiger partial charge in [-0.05, 0) is 20.3 Å². The summed E-state index contributed by atoms with van der Waals surface area (Å²) in [6, 6.07) is 0.553. The summed E-state index contributed by atoms with van der Waals surface area (Å²) >= 11 is 0. The van der Waals surface area contributed by atoms with Crippen molar-refractivity contribution in [1.29, 1.82) is 0 Å². The van der Waals surface area contributed by atoms with Crippen molar-refractivity contribution >= 4 is 6.09 Å². The first-order valence-electron chi connectivity index (χ1n) is 4.12. The molecule has 1 amide bonds. The van der Waals surface area contributed by atoms with Crippen LogP contribution in [0.4, 0.5) is 4.79 Å². The van der Waals surface area contributed by atoms with Crippen molar-refractivity contribution < 1.29 is 9.53 Å². The van der Waals surface area contributed by atoms with Gasteiger partial charge in [-0.1, -0.05) is 6.92 Å². The Kier molecular flexibility index (Phi) is 2.37. The van der Waals surface area contributed by atoms with Crippen LogP contribution in [0.1, 0.15) is 27.2 Å². The van der Waals surface area contributed by atoms with Crippen molar-refractivity contribution in [2.24, 2.45) is 0 Å². The van der Waals surface area contributed by atoms with Crippen LogP contribution in [0, 0.1) is 0 Å². The molecule has 1 aliphatic rings. The molecule has 0 unspecified atom stereocenters. The number of nitrogens with zero attached hydrogens (tertiary/aromatic N) is 1. The second-order valence-electron chi connectivity index (χ2n) is 3.14. The third-order valence-corrected chi connectivity index (χ3v) is 2.03. The Balaban J connectivity index is 2.63. The predicted octanol–water partition coefficient (Wildman–Crippen LogP) is 1.63. The Labute approximate surface area is 67.3 Å². The minimum Gasteiger partial charge on any atom is -0.447 e. The van der Waals surface area contributed by atoms with Gasteiger partial charge >= 0.3 is 6.09 Å². The smallest absolute Gasteiger partial charge is 0.410 e. The molecule has 0 aliphatic carbocycles. The second kappa shape index (κ2) is 3.11. The van der Waals surface area contributed by atoms with E-state index in [4.69, 9.17) is 4.74 Å². The first-order valence-corrected chi connectivity index (χ1v) is 4.12. The molecule has 0 aromatic rings. The highest BCUT2D eigenvalue weighted by Gasteiger charge is 2.33. The molecule has 1 rings (SSSR count). The van der Waals surface area contributed by atoms with Crippen LogP contribution in [0.25, 0.3) is 0 Å². The standard InChI is InChI=1S/C8H15NO2/c1-4-7-5-11-8(10)9(7)6(2)3/h6-7H,4-5H2,1-3H3/t7-/m1/s1. The van der Waals surface area contributed by atoms with E-state index in [0.29, 0.717) is 12.6 Å². The van der Waals surface area contributed by atoms with Gasteiger partial charge in [-0.15, -0.1) is 0 Å². The zero-order valence-corrected chi connectivity index (χ0v) is 7.33. The summed E-state index contributed by atoms with van der Waals surface area (Å²) in [4.78, 5) is 12.9. The molecule has 3 heteroatoms. The molecule has 1 aliphatic heterocycles. The number of carbonyl (C=O) groups excluding carboxylic acids is 1. The Morgan fingerprint density at radius 3 is 2.73 bits per heavy atom. The number of amides is 1. The molecular weight excluding hydrogens is 142 g/mol. The highest BCUT2D eigenvalue weighted by molar-refractivity contribution is 5.70. The average Bonchev–Trinajstić information content (AvgIpc) is 2.30. The van der Waals surface area contributed by atoms with Crippen molar-refractivity contribution in [3.63, 3.8) is 0 Å². The average molecular weight is 157 g/mol. The van der Waals surface area contributed by atoms with Crippen LogP contribution in [0.3, 0.4) is 0 Å². The molecule has 1 heterocycles. The maximum Gasteiger partial charge on any atom is 0.410 e. The van der Waals surface area contributed by atoms with Gasteiger partial charge in [0, 0.05) is 6.04 Å². The molecule has 0 saturated carbocycles. The van der Waals surface area contributed by atoms with Gasteiger partial charge in [0.1, 0.15) is 6.61 Å². The minimum atomic E-state index is -0.160. The largest absolute Gasteiger partial charge is 0.447 e. The number of hydrogen-bond acceptors (Lipinski definition) is 2. The fourth-order valence-electron chi connectivity index (χ4n) is 1.42. The molecule has 1 saturated heterocycles. The van der Waals surface area contributed by atoms with E-state index in [-0.39, 0.29) is 12.1 Å². The lowest BCUT2D eigenvalue weighted by Crippen LogP contribution is -2.38. The van der Waals surface area contributed by atoms with Crippen LogP contribution in [-0.2, 0) is 4.74 Å². The fourth-order valence-corrected chi connectivity index (χ4v) is 1.42. The Morgan fingerprint density at radius 2 is 2.36 bits per heavy atom. The van der Waals surface area contributed by atoms with E-state index in [1.807, 2.05) is 13.8 Å². The number of carbonyl (C=O) groups is 1.